The van der Waals surface area contributed by atoms with Gasteiger partial charge in [0.15, 0.2) is 17.3 Å². The van der Waals surface area contributed by atoms with Crippen LogP contribution in [-0.2, 0) is 0 Å². The zero-order valence-corrected chi connectivity index (χ0v) is 17.5. The molecule has 156 valence electrons. The number of likely N-dealkylation sites (N-methyl/N-ethyl adjacent to an activating group) is 1. The second kappa shape index (κ2) is 8.62. The number of amidine groups is 2. The number of methoxy groups -OCH3 is 1. The number of hydrogen-bond donors (Lipinski definition) is 0. The van der Waals surface area contributed by atoms with E-state index in [-0.39, 0.29) is 12.2 Å². The molecule has 0 aliphatic carbocycles. The third kappa shape index (κ3) is 3.91. The summed E-state index contributed by atoms with van der Waals surface area (Å²) < 4.78 is 11.6. The number of hydrogen-bond acceptors (Lipinski definition) is 8. The Kier molecular flexibility index (Phi) is 5.76. The van der Waals surface area contributed by atoms with Crippen molar-refractivity contribution in [2.45, 2.75) is 6.42 Å². The van der Waals surface area contributed by atoms with Crippen molar-refractivity contribution in [1.82, 2.24) is 14.8 Å². The molecule has 0 spiro atoms. The number of carbonyl (C=O) groups is 1. The summed E-state index contributed by atoms with van der Waals surface area (Å²) in [7, 11) is 5.60. The van der Waals surface area contributed by atoms with Crippen LogP contribution in [-0.4, -0.2) is 79.7 Å². The molecule has 2 aromatic rings. The Labute approximate surface area is 175 Å². The third-order valence-corrected chi connectivity index (χ3v) is 5.03. The van der Waals surface area contributed by atoms with Crippen molar-refractivity contribution in [3.8, 4) is 11.5 Å². The maximum Gasteiger partial charge on any atom is 0.187 e. The second-order valence-electron chi connectivity index (χ2n) is 7.37. The molecule has 2 aliphatic rings. The third-order valence-electron chi connectivity index (χ3n) is 5.03. The lowest BCUT2D eigenvalue weighted by Gasteiger charge is -2.28. The van der Waals surface area contributed by atoms with E-state index in [1.807, 2.05) is 31.1 Å². The van der Waals surface area contributed by atoms with Gasteiger partial charge in [-0.15, -0.1) is 0 Å². The van der Waals surface area contributed by atoms with Gasteiger partial charge in [0.25, 0.3) is 0 Å². The lowest BCUT2D eigenvalue weighted by Crippen LogP contribution is -2.38. The first kappa shape index (κ1) is 20.0. The van der Waals surface area contributed by atoms with Gasteiger partial charge >= 0.3 is 0 Å². The van der Waals surface area contributed by atoms with Crippen LogP contribution in [0, 0.1) is 0 Å². The lowest BCUT2D eigenvalue weighted by molar-refractivity contribution is 0.0998. The van der Waals surface area contributed by atoms with Gasteiger partial charge in [0.05, 0.1) is 20.1 Å². The zero-order valence-electron chi connectivity index (χ0n) is 17.5. The van der Waals surface area contributed by atoms with Crippen LogP contribution in [0.3, 0.4) is 0 Å². The first-order valence-electron chi connectivity index (χ1n) is 9.90. The topological polar surface area (TPSA) is 79.6 Å². The highest BCUT2D eigenvalue weighted by atomic mass is 16.5. The summed E-state index contributed by atoms with van der Waals surface area (Å²) in [4.78, 5) is 30.4. The molecule has 30 heavy (non-hydrogen) atoms. The number of aliphatic imine (C=N–C) groups is 2. The van der Waals surface area contributed by atoms with E-state index in [0.717, 1.165) is 17.9 Å². The van der Waals surface area contributed by atoms with Crippen LogP contribution in [0.1, 0.15) is 22.3 Å². The maximum absolute atomic E-state index is 12.8. The van der Waals surface area contributed by atoms with Crippen LogP contribution in [0.5, 0.6) is 11.5 Å². The minimum atomic E-state index is -0.0334. The van der Waals surface area contributed by atoms with Crippen molar-refractivity contribution in [3.05, 3.63) is 47.8 Å². The normalized spacial score (nSPS) is 14.7. The molecule has 0 saturated heterocycles. The molecule has 0 unspecified atom stereocenters. The fourth-order valence-electron chi connectivity index (χ4n) is 3.52. The van der Waals surface area contributed by atoms with Gasteiger partial charge in [0.2, 0.25) is 0 Å². The minimum absolute atomic E-state index is 0.0334. The van der Waals surface area contributed by atoms with E-state index in [4.69, 9.17) is 14.5 Å². The molecule has 0 fully saturated rings. The summed E-state index contributed by atoms with van der Waals surface area (Å²) in [5.41, 5.74) is 2.11. The summed E-state index contributed by atoms with van der Waals surface area (Å²) in [5, 5.41) is 0. The largest absolute Gasteiger partial charge is 0.491 e. The van der Waals surface area contributed by atoms with Crippen LogP contribution in [0.2, 0.25) is 0 Å². The van der Waals surface area contributed by atoms with Crippen LogP contribution < -0.4 is 9.47 Å². The average molecular weight is 407 g/mol. The highest BCUT2D eigenvalue weighted by Crippen LogP contribution is 2.43. The number of aromatic nitrogens is 1. The fraction of sp³-hybridized carbons (Fsp3) is 0.364. The first-order chi connectivity index (χ1) is 14.6. The molecule has 0 saturated carbocycles. The molecule has 0 N–H and O–H groups in total. The predicted molar refractivity (Wildman–Crippen MR) is 115 cm³/mol. The molecule has 1 aromatic heterocycles. The average Bonchev–Trinajstić information content (AvgIpc) is 3.24. The Morgan fingerprint density at radius 2 is 2.13 bits per heavy atom. The summed E-state index contributed by atoms with van der Waals surface area (Å²) >= 11 is 0. The quantitative estimate of drug-likeness (QED) is 0.626. The van der Waals surface area contributed by atoms with E-state index in [1.54, 1.807) is 31.6 Å². The summed E-state index contributed by atoms with van der Waals surface area (Å²) in [6, 6.07) is 7.38. The highest BCUT2D eigenvalue weighted by molar-refractivity contribution is 6.21. The molecule has 2 aliphatic heterocycles. The molecule has 0 atom stereocenters. The SMILES string of the molecule is COc1c(OCCN(C)C)ccc2c1N=C(CC(=O)c1cccnc1)N1CCN=C21. The molecular formula is C22H25N5O3. The zero-order chi connectivity index (χ0) is 21.1. The van der Waals surface area contributed by atoms with Gasteiger partial charge in [0, 0.05) is 36.6 Å². The van der Waals surface area contributed by atoms with Gasteiger partial charge in [0.1, 0.15) is 24.0 Å². The number of Topliss-reactive ketones (excluding diaryl/α,β-unsaturated/α-hetero) is 1. The molecule has 4 rings (SSSR count). The first-order valence-corrected chi connectivity index (χ1v) is 9.90. The molecule has 0 radical (unpaired) electrons. The predicted octanol–water partition coefficient (Wildman–Crippen LogP) is 2.41. The van der Waals surface area contributed by atoms with E-state index in [9.17, 15) is 4.79 Å². The maximum atomic E-state index is 12.8. The van der Waals surface area contributed by atoms with E-state index >= 15 is 0 Å². The molecule has 8 heteroatoms. The van der Waals surface area contributed by atoms with Gasteiger partial charge in [-0.25, -0.2) is 4.99 Å². The lowest BCUT2D eigenvalue weighted by atomic mass is 10.0. The van der Waals surface area contributed by atoms with Gasteiger partial charge < -0.3 is 19.3 Å². The molecular weight excluding hydrogens is 382 g/mol. The number of carbonyl (C=O) groups excluding carboxylic acids is 1. The number of ketones is 1. The van der Waals surface area contributed by atoms with Gasteiger partial charge in [-0.3, -0.25) is 14.8 Å². The Morgan fingerprint density at radius 3 is 2.87 bits per heavy atom. The Morgan fingerprint density at radius 1 is 1.27 bits per heavy atom. The molecule has 3 heterocycles. The van der Waals surface area contributed by atoms with E-state index in [2.05, 4.69) is 14.9 Å². The Balaban J connectivity index is 1.68. The second-order valence-corrected chi connectivity index (χ2v) is 7.37. The number of fused-ring (bicyclic) bond motifs is 3. The van der Waals surface area contributed by atoms with E-state index < -0.39 is 0 Å². The number of ether oxygens (including phenoxy) is 2. The molecule has 1 aromatic carbocycles. The van der Waals surface area contributed by atoms with Crippen molar-refractivity contribution in [1.29, 1.82) is 0 Å². The van der Waals surface area contributed by atoms with Crippen molar-refractivity contribution in [3.63, 3.8) is 0 Å². The number of benzene rings is 1. The number of nitrogens with zero attached hydrogens (tertiary/aromatic N) is 5. The summed E-state index contributed by atoms with van der Waals surface area (Å²) in [5.74, 6) is 2.65. The van der Waals surface area contributed by atoms with E-state index in [1.165, 1.54) is 0 Å². The molecule has 8 nitrogen and oxygen atoms in total. The van der Waals surface area contributed by atoms with Crippen molar-refractivity contribution < 1.29 is 14.3 Å². The minimum Gasteiger partial charge on any atom is -0.491 e. The monoisotopic (exact) mass is 407 g/mol. The summed E-state index contributed by atoms with van der Waals surface area (Å²) in [6.45, 7) is 2.69. The highest BCUT2D eigenvalue weighted by Gasteiger charge is 2.33. The van der Waals surface area contributed by atoms with E-state index in [0.29, 0.717) is 48.3 Å². The molecule has 0 amide bonds. The standard InChI is InChI=1S/C22H25N5O3/c1-26(2)11-12-30-18-7-6-16-20(21(18)29-3)25-19(27-10-9-24-22(16)27)13-17(28)15-5-4-8-23-14-15/h4-8,14H,9-13H2,1-3H3. The van der Waals surface area contributed by atoms with Crippen LogP contribution >= 0.6 is 0 Å². The van der Waals surface area contributed by atoms with Crippen molar-refractivity contribution in [2.75, 3.05) is 47.4 Å². The number of pyridine rings is 1. The van der Waals surface area contributed by atoms with Crippen LogP contribution in [0.4, 0.5) is 5.69 Å². The fourth-order valence-corrected chi connectivity index (χ4v) is 3.52. The van der Waals surface area contributed by atoms with Crippen LogP contribution in [0.25, 0.3) is 0 Å². The Hall–Kier alpha value is -3.26. The summed E-state index contributed by atoms with van der Waals surface area (Å²) in [6.07, 6.45) is 3.40. The van der Waals surface area contributed by atoms with Crippen molar-refractivity contribution in [2.24, 2.45) is 9.98 Å². The Bertz CT molecular complexity index is 1000. The van der Waals surface area contributed by atoms with Crippen molar-refractivity contribution >= 4 is 23.1 Å². The van der Waals surface area contributed by atoms with Crippen LogP contribution in [0.15, 0.2) is 46.6 Å². The number of rotatable bonds is 8. The van der Waals surface area contributed by atoms with Gasteiger partial charge in [-0.1, -0.05) is 0 Å². The smallest absolute Gasteiger partial charge is 0.187 e. The van der Waals surface area contributed by atoms with Gasteiger partial charge in [-0.05, 0) is 38.4 Å². The molecule has 0 bridgehead atoms. The van der Waals surface area contributed by atoms with Gasteiger partial charge in [-0.2, -0.15) is 0 Å².